The Labute approximate surface area is 393 Å². The zero-order valence-electron chi connectivity index (χ0n) is 37.8. The minimum Gasteiger partial charge on any atom is -0.493 e. The third-order valence-corrected chi connectivity index (χ3v) is 11.7. The number of rotatable bonds is 19. The number of nitrogens with two attached hydrogens (primary N) is 1. The number of halogens is 2. The summed E-state index contributed by atoms with van der Waals surface area (Å²) in [6, 6.07) is 19.1. The number of ether oxygens (including phenoxy) is 4. The number of methoxy groups -OCH3 is 2. The number of carbonyl (C=O) groups excluding carboxylic acids is 5. The zero-order valence-corrected chi connectivity index (χ0v) is 39.4. The molecule has 356 valence electrons. The Bertz CT molecular complexity index is 2720. The number of hydrogen-bond donors (Lipinski definition) is 3. The maximum Gasteiger partial charge on any atom is 0.242 e. The Morgan fingerprint density at radius 1 is 0.642 bits per heavy atom. The minimum atomic E-state index is -0.316. The van der Waals surface area contributed by atoms with Crippen molar-refractivity contribution < 1.29 is 61.9 Å². The van der Waals surface area contributed by atoms with Gasteiger partial charge in [-0.05, 0) is 62.4 Å². The predicted molar refractivity (Wildman–Crippen MR) is 254 cm³/mol. The quantitative estimate of drug-likeness (QED) is 0.0233. The number of nitrogens with zero attached hydrogens (tertiary/aromatic N) is 3. The summed E-state index contributed by atoms with van der Waals surface area (Å²) in [4.78, 5) is 59.6. The molecular weight excluding hydrogens is 911 g/mol. The number of Topliss-reactive ketones (excluding diaryl/α,β-unsaturated/α-hetero) is 3. The van der Waals surface area contributed by atoms with Gasteiger partial charge in [0.1, 0.15) is 24.8 Å². The normalized spacial score (nSPS) is 10.9. The van der Waals surface area contributed by atoms with E-state index in [1.165, 1.54) is 75.1 Å². The largest absolute Gasteiger partial charge is 0.493 e. The fourth-order valence-electron chi connectivity index (χ4n) is 6.23. The van der Waals surface area contributed by atoms with Gasteiger partial charge in [-0.25, -0.2) is 19.6 Å². The molecule has 0 fully saturated rings. The standard InChI is InChI=1S/C24H25FN2O5S.C14H20N2O5.C10H7FOS/c1-15(18-14-33-24-17(18)5-4-6-19(24)25)26-27(2)23(30)10-8-20(29)16-7-9-21(32-12-11-28)22(13-16)31-3;1-16(15)14(19)6-4-11(18)10-3-5-12(21-8-7-17)13(9-10)20-2;1-6(12)8-5-13-10-7(8)3-2-4-9(10)11/h4-7,9,13-14,28H,8,10-12H2,1-3H3;3,5,9,17H,4,6-8,15H2,1-2H3;2-5H,1H3/b26-15+;;. The van der Waals surface area contributed by atoms with Gasteiger partial charge in [-0.15, -0.1) is 22.7 Å². The number of amides is 2. The number of ketones is 3. The first kappa shape index (κ1) is 53.0. The van der Waals surface area contributed by atoms with E-state index in [4.69, 9.17) is 35.0 Å². The molecule has 2 aromatic heterocycles. The molecule has 15 nitrogen and oxygen atoms in total. The molecule has 0 bridgehead atoms. The molecule has 67 heavy (non-hydrogen) atoms. The van der Waals surface area contributed by atoms with E-state index in [1.54, 1.807) is 66.9 Å². The van der Waals surface area contributed by atoms with Crippen molar-refractivity contribution in [1.29, 1.82) is 0 Å². The van der Waals surface area contributed by atoms with Gasteiger partial charge < -0.3 is 29.2 Å². The SMILES string of the molecule is CC(=O)c1csc2c(F)cccc12.COc1cc(C(=O)CCC(=O)N(C)/N=C(\C)c2csc3c(F)cccc23)ccc1OCCO.COc1cc(C(=O)CCC(=O)N(C)N)ccc1OCCO. The molecule has 0 radical (unpaired) electrons. The fourth-order valence-corrected chi connectivity index (χ4v) is 8.26. The van der Waals surface area contributed by atoms with Crippen LogP contribution in [0.5, 0.6) is 23.0 Å². The summed E-state index contributed by atoms with van der Waals surface area (Å²) in [7, 11) is 5.88. The number of fused-ring (bicyclic) bond motifs is 2. The van der Waals surface area contributed by atoms with Crippen molar-refractivity contribution in [2.75, 3.05) is 54.7 Å². The van der Waals surface area contributed by atoms with Crippen LogP contribution < -0.4 is 24.8 Å². The lowest BCUT2D eigenvalue weighted by molar-refractivity contribution is -0.130. The minimum absolute atomic E-state index is 0.00430. The second-order valence-electron chi connectivity index (χ2n) is 14.4. The van der Waals surface area contributed by atoms with Crippen molar-refractivity contribution in [2.24, 2.45) is 10.9 Å². The van der Waals surface area contributed by atoms with Crippen LogP contribution in [-0.2, 0) is 9.59 Å². The summed E-state index contributed by atoms with van der Waals surface area (Å²) >= 11 is 2.56. The van der Waals surface area contributed by atoms with Gasteiger partial charge in [0.15, 0.2) is 40.3 Å². The van der Waals surface area contributed by atoms with E-state index in [0.717, 1.165) is 21.3 Å². The number of hydrazone groups is 1. The Kier molecular flexibility index (Phi) is 20.5. The fraction of sp³-hybridized carbons (Fsp3) is 0.292. The Morgan fingerprint density at radius 2 is 1.09 bits per heavy atom. The van der Waals surface area contributed by atoms with E-state index in [0.29, 0.717) is 54.8 Å². The van der Waals surface area contributed by atoms with E-state index < -0.39 is 0 Å². The Morgan fingerprint density at radius 3 is 1.52 bits per heavy atom. The molecule has 0 spiro atoms. The molecule has 0 unspecified atom stereocenters. The number of aliphatic hydroxyl groups excluding tert-OH is 2. The van der Waals surface area contributed by atoms with Gasteiger partial charge >= 0.3 is 0 Å². The van der Waals surface area contributed by atoms with Crippen molar-refractivity contribution >= 4 is 77.7 Å². The van der Waals surface area contributed by atoms with E-state index in [-0.39, 0.29) is 92.9 Å². The molecule has 0 aliphatic rings. The Hall–Kier alpha value is -6.64. The monoisotopic (exact) mass is 962 g/mol. The maximum atomic E-state index is 13.9. The molecule has 4 aromatic carbocycles. The van der Waals surface area contributed by atoms with Crippen molar-refractivity contribution in [3.05, 3.63) is 117 Å². The Balaban J connectivity index is 0.000000244. The zero-order chi connectivity index (χ0) is 49.2. The highest BCUT2D eigenvalue weighted by atomic mass is 32.1. The van der Waals surface area contributed by atoms with Crippen LogP contribution in [0.25, 0.3) is 20.2 Å². The first-order chi connectivity index (χ1) is 32.0. The highest BCUT2D eigenvalue weighted by Gasteiger charge is 2.18. The molecule has 19 heteroatoms. The molecule has 0 aliphatic carbocycles. The first-order valence-corrected chi connectivity index (χ1v) is 22.4. The highest BCUT2D eigenvalue weighted by Crippen LogP contribution is 2.32. The van der Waals surface area contributed by atoms with Gasteiger partial charge in [0.05, 0.1) is 42.5 Å². The molecule has 6 aromatic rings. The van der Waals surface area contributed by atoms with Crippen LogP contribution in [0.2, 0.25) is 0 Å². The number of aliphatic hydroxyl groups is 2. The molecule has 0 aliphatic heterocycles. The molecule has 6 rings (SSSR count). The number of thiophene rings is 2. The van der Waals surface area contributed by atoms with Gasteiger partial charge in [-0.1, -0.05) is 24.3 Å². The summed E-state index contributed by atoms with van der Waals surface area (Å²) in [5.41, 5.74) is 2.78. The summed E-state index contributed by atoms with van der Waals surface area (Å²) in [6.07, 6.45) is 0.109. The number of carbonyl (C=O) groups is 5. The van der Waals surface area contributed by atoms with Crippen LogP contribution in [-0.4, -0.2) is 110 Å². The van der Waals surface area contributed by atoms with E-state index in [9.17, 15) is 32.8 Å². The number of hydrazine groups is 1. The van der Waals surface area contributed by atoms with Crippen LogP contribution in [0.3, 0.4) is 0 Å². The second kappa shape index (κ2) is 25.9. The second-order valence-corrected chi connectivity index (χ2v) is 16.2. The van der Waals surface area contributed by atoms with Crippen LogP contribution in [0.4, 0.5) is 8.78 Å². The third-order valence-electron chi connectivity index (χ3n) is 9.73. The lowest BCUT2D eigenvalue weighted by Gasteiger charge is -2.13. The first-order valence-electron chi connectivity index (χ1n) is 20.6. The van der Waals surface area contributed by atoms with Crippen LogP contribution in [0.15, 0.2) is 88.7 Å². The van der Waals surface area contributed by atoms with Gasteiger partial charge in [0, 0.05) is 83.6 Å². The van der Waals surface area contributed by atoms with Crippen molar-refractivity contribution in [2.45, 2.75) is 39.5 Å². The lowest BCUT2D eigenvalue weighted by Crippen LogP contribution is -2.33. The smallest absolute Gasteiger partial charge is 0.242 e. The van der Waals surface area contributed by atoms with Crippen LogP contribution in [0, 0.1) is 11.6 Å². The van der Waals surface area contributed by atoms with Gasteiger partial charge in [-0.2, -0.15) is 5.10 Å². The number of hydrogen-bond acceptors (Lipinski definition) is 15. The van der Waals surface area contributed by atoms with Crippen LogP contribution >= 0.6 is 22.7 Å². The van der Waals surface area contributed by atoms with E-state index in [2.05, 4.69) is 5.10 Å². The summed E-state index contributed by atoms with van der Waals surface area (Å²) < 4.78 is 49.2. The van der Waals surface area contributed by atoms with Crippen molar-refractivity contribution in [3.8, 4) is 23.0 Å². The molecule has 0 saturated carbocycles. The summed E-state index contributed by atoms with van der Waals surface area (Å²) in [6.45, 7) is 3.25. The van der Waals surface area contributed by atoms with Gasteiger partial charge in [0.25, 0.3) is 0 Å². The van der Waals surface area contributed by atoms with Gasteiger partial charge in [0.2, 0.25) is 11.8 Å². The summed E-state index contributed by atoms with van der Waals surface area (Å²) in [5, 5.41) is 29.1. The average Bonchev–Trinajstić information content (AvgIpc) is 3.98. The average molecular weight is 963 g/mol. The lowest BCUT2D eigenvalue weighted by atomic mass is 10.1. The van der Waals surface area contributed by atoms with E-state index >= 15 is 0 Å². The topological polar surface area (TPSA) is 208 Å². The van der Waals surface area contributed by atoms with Crippen molar-refractivity contribution in [3.63, 3.8) is 0 Å². The third kappa shape index (κ3) is 14.7. The molecule has 0 atom stereocenters. The molecule has 4 N–H and O–H groups in total. The predicted octanol–water partition coefficient (Wildman–Crippen LogP) is 7.87. The van der Waals surface area contributed by atoms with Gasteiger partial charge in [-0.3, -0.25) is 29.0 Å². The molecule has 0 saturated heterocycles. The van der Waals surface area contributed by atoms with E-state index in [1.807, 2.05) is 11.4 Å². The maximum absolute atomic E-state index is 13.9. The van der Waals surface area contributed by atoms with Crippen molar-refractivity contribution in [1.82, 2.24) is 10.0 Å². The summed E-state index contributed by atoms with van der Waals surface area (Å²) in [5.74, 6) is 5.34. The molecular formula is C48H52F2N4O11S2. The molecule has 2 heterocycles. The highest BCUT2D eigenvalue weighted by molar-refractivity contribution is 7.18. The number of benzene rings is 4. The van der Waals surface area contributed by atoms with Crippen LogP contribution in [0.1, 0.15) is 76.2 Å². The molecule has 2 amide bonds.